The van der Waals surface area contributed by atoms with Gasteiger partial charge in [-0.2, -0.15) is 0 Å². The SMILES string of the molecule is CCN1C(=O)C=CC2(C)C3CCC4(C)C(CC(=O)OC)CCC4C3CCC12. The Balaban J connectivity index is 1.60. The van der Waals surface area contributed by atoms with E-state index in [0.29, 0.717) is 30.2 Å². The van der Waals surface area contributed by atoms with Crippen molar-refractivity contribution in [3.8, 4) is 0 Å². The van der Waals surface area contributed by atoms with Gasteiger partial charge < -0.3 is 9.64 Å². The second kappa shape index (κ2) is 6.63. The zero-order valence-electron chi connectivity index (χ0n) is 17.4. The maximum atomic E-state index is 12.4. The second-order valence-electron chi connectivity index (χ2n) is 9.89. The maximum Gasteiger partial charge on any atom is 0.305 e. The molecule has 0 saturated heterocycles. The maximum absolute atomic E-state index is 12.4. The minimum atomic E-state index is -0.0491. The predicted molar refractivity (Wildman–Crippen MR) is 105 cm³/mol. The van der Waals surface area contributed by atoms with E-state index in [9.17, 15) is 9.59 Å². The number of carbonyl (C=O) groups excluding carboxylic acids is 2. The highest BCUT2D eigenvalue weighted by molar-refractivity contribution is 5.89. The summed E-state index contributed by atoms with van der Waals surface area (Å²) in [5.41, 5.74) is 0.381. The van der Waals surface area contributed by atoms with E-state index in [1.807, 2.05) is 6.08 Å². The molecule has 4 aliphatic rings. The molecule has 1 amide bonds. The lowest BCUT2D eigenvalue weighted by Crippen LogP contribution is -2.60. The Morgan fingerprint density at radius 1 is 1.19 bits per heavy atom. The van der Waals surface area contributed by atoms with Gasteiger partial charge in [0.15, 0.2) is 0 Å². The molecule has 4 rings (SSSR count). The van der Waals surface area contributed by atoms with E-state index in [1.54, 1.807) is 0 Å². The van der Waals surface area contributed by atoms with Crippen LogP contribution in [0.4, 0.5) is 0 Å². The van der Waals surface area contributed by atoms with Gasteiger partial charge in [-0.25, -0.2) is 0 Å². The third kappa shape index (κ3) is 2.69. The fraction of sp³-hybridized carbons (Fsp3) is 0.826. The number of amides is 1. The lowest BCUT2D eigenvalue weighted by Gasteiger charge is -2.60. The van der Waals surface area contributed by atoms with Crippen molar-refractivity contribution in [1.82, 2.24) is 4.90 Å². The summed E-state index contributed by atoms with van der Waals surface area (Å²) in [6.07, 6.45) is 11.9. The summed E-state index contributed by atoms with van der Waals surface area (Å²) < 4.78 is 4.98. The van der Waals surface area contributed by atoms with Crippen LogP contribution in [-0.2, 0) is 14.3 Å². The molecule has 1 heterocycles. The molecule has 0 N–H and O–H groups in total. The predicted octanol–water partition coefficient (Wildman–Crippen LogP) is 4.20. The number of hydrogen-bond acceptors (Lipinski definition) is 3. The zero-order chi connectivity index (χ0) is 19.4. The number of likely N-dealkylation sites (N-methyl/N-ethyl adjacent to an activating group) is 1. The van der Waals surface area contributed by atoms with Crippen LogP contribution in [-0.4, -0.2) is 36.5 Å². The average Bonchev–Trinajstić information content (AvgIpc) is 2.98. The summed E-state index contributed by atoms with van der Waals surface area (Å²) in [7, 11) is 1.51. The number of esters is 1. The monoisotopic (exact) mass is 373 g/mol. The molecular weight excluding hydrogens is 338 g/mol. The second-order valence-corrected chi connectivity index (χ2v) is 9.89. The van der Waals surface area contributed by atoms with Crippen molar-refractivity contribution < 1.29 is 14.3 Å². The third-order valence-electron chi connectivity index (χ3n) is 9.15. The molecule has 1 aliphatic heterocycles. The Bertz CT molecular complexity index is 658. The van der Waals surface area contributed by atoms with Crippen molar-refractivity contribution in [2.45, 2.75) is 71.8 Å². The minimum absolute atomic E-state index is 0.0491. The number of ether oxygens (including phenoxy) is 1. The highest BCUT2D eigenvalue weighted by atomic mass is 16.5. The summed E-state index contributed by atoms with van der Waals surface area (Å²) in [5, 5.41) is 0. The zero-order valence-corrected chi connectivity index (χ0v) is 17.4. The number of carbonyl (C=O) groups is 2. The van der Waals surface area contributed by atoms with Gasteiger partial charge in [0.25, 0.3) is 0 Å². The van der Waals surface area contributed by atoms with Crippen LogP contribution in [0.2, 0.25) is 0 Å². The molecule has 0 aromatic rings. The summed E-state index contributed by atoms with van der Waals surface area (Å²) in [6.45, 7) is 7.77. The topological polar surface area (TPSA) is 46.6 Å². The van der Waals surface area contributed by atoms with E-state index in [0.717, 1.165) is 25.3 Å². The minimum Gasteiger partial charge on any atom is -0.469 e. The highest BCUT2D eigenvalue weighted by Gasteiger charge is 2.60. The molecule has 3 saturated carbocycles. The number of rotatable bonds is 3. The molecule has 0 aromatic carbocycles. The molecule has 0 aromatic heterocycles. The fourth-order valence-electron chi connectivity index (χ4n) is 7.70. The molecule has 7 atom stereocenters. The molecule has 0 spiro atoms. The molecule has 7 unspecified atom stereocenters. The Morgan fingerprint density at radius 3 is 2.67 bits per heavy atom. The molecule has 150 valence electrons. The van der Waals surface area contributed by atoms with E-state index >= 15 is 0 Å². The van der Waals surface area contributed by atoms with Crippen molar-refractivity contribution in [2.24, 2.45) is 34.5 Å². The smallest absolute Gasteiger partial charge is 0.305 e. The number of nitrogens with zero attached hydrogens (tertiary/aromatic N) is 1. The lowest BCUT2D eigenvalue weighted by atomic mass is 9.47. The summed E-state index contributed by atoms with van der Waals surface area (Å²) in [4.78, 5) is 26.4. The first kappa shape index (κ1) is 19.0. The lowest BCUT2D eigenvalue weighted by molar-refractivity contribution is -0.145. The third-order valence-corrected chi connectivity index (χ3v) is 9.15. The van der Waals surface area contributed by atoms with Crippen LogP contribution in [0, 0.1) is 34.5 Å². The molecule has 0 bridgehead atoms. The van der Waals surface area contributed by atoms with Crippen LogP contribution in [0.5, 0.6) is 0 Å². The van der Waals surface area contributed by atoms with Crippen molar-refractivity contribution in [3.05, 3.63) is 12.2 Å². The van der Waals surface area contributed by atoms with E-state index in [4.69, 9.17) is 4.74 Å². The van der Waals surface area contributed by atoms with Crippen LogP contribution in [0.25, 0.3) is 0 Å². The Morgan fingerprint density at radius 2 is 1.96 bits per heavy atom. The first-order chi connectivity index (χ1) is 12.8. The van der Waals surface area contributed by atoms with Gasteiger partial charge in [-0.3, -0.25) is 9.59 Å². The van der Waals surface area contributed by atoms with Gasteiger partial charge in [0.05, 0.1) is 7.11 Å². The van der Waals surface area contributed by atoms with Gasteiger partial charge in [0.1, 0.15) is 0 Å². The Labute approximate surface area is 163 Å². The summed E-state index contributed by atoms with van der Waals surface area (Å²) >= 11 is 0. The van der Waals surface area contributed by atoms with Crippen molar-refractivity contribution >= 4 is 11.9 Å². The molecule has 27 heavy (non-hydrogen) atoms. The largest absolute Gasteiger partial charge is 0.469 e. The highest BCUT2D eigenvalue weighted by Crippen LogP contribution is 2.66. The van der Waals surface area contributed by atoms with E-state index in [1.165, 1.54) is 32.8 Å². The molecule has 4 nitrogen and oxygen atoms in total. The number of hydrogen-bond donors (Lipinski definition) is 0. The van der Waals surface area contributed by atoms with Crippen molar-refractivity contribution in [2.75, 3.05) is 13.7 Å². The molecule has 3 fully saturated rings. The number of methoxy groups -OCH3 is 1. The first-order valence-corrected chi connectivity index (χ1v) is 10.9. The van der Waals surface area contributed by atoms with Crippen LogP contribution in [0.3, 0.4) is 0 Å². The molecule has 3 aliphatic carbocycles. The quantitative estimate of drug-likeness (QED) is 0.697. The van der Waals surface area contributed by atoms with Gasteiger partial charge in [-0.15, -0.1) is 0 Å². The van der Waals surface area contributed by atoms with Crippen LogP contribution < -0.4 is 0 Å². The first-order valence-electron chi connectivity index (χ1n) is 10.9. The average molecular weight is 374 g/mol. The summed E-state index contributed by atoms with van der Waals surface area (Å²) in [6, 6.07) is 0.359. The van der Waals surface area contributed by atoms with Gasteiger partial charge in [0, 0.05) is 24.4 Å². The van der Waals surface area contributed by atoms with Gasteiger partial charge in [0.2, 0.25) is 5.91 Å². The fourth-order valence-corrected chi connectivity index (χ4v) is 7.70. The Hall–Kier alpha value is -1.32. The van der Waals surface area contributed by atoms with Crippen molar-refractivity contribution in [1.29, 1.82) is 0 Å². The van der Waals surface area contributed by atoms with E-state index in [2.05, 4.69) is 31.7 Å². The number of fused-ring (bicyclic) bond motifs is 5. The van der Waals surface area contributed by atoms with Crippen molar-refractivity contribution in [3.63, 3.8) is 0 Å². The van der Waals surface area contributed by atoms with Crippen LogP contribution in [0.15, 0.2) is 12.2 Å². The van der Waals surface area contributed by atoms with E-state index in [-0.39, 0.29) is 22.7 Å². The van der Waals surface area contributed by atoms with Crippen LogP contribution >= 0.6 is 0 Å². The Kier molecular flexibility index (Phi) is 4.67. The van der Waals surface area contributed by atoms with Gasteiger partial charge in [-0.1, -0.05) is 19.9 Å². The van der Waals surface area contributed by atoms with Gasteiger partial charge >= 0.3 is 5.97 Å². The summed E-state index contributed by atoms with van der Waals surface area (Å²) in [5.74, 6) is 2.71. The van der Waals surface area contributed by atoms with Gasteiger partial charge in [-0.05, 0) is 80.6 Å². The standard InChI is InChI=1S/C23H35NO3/c1-5-24-19-9-7-16-17-8-6-15(14-21(26)27-4)22(17,2)12-10-18(16)23(19,3)13-11-20(24)25/h11,13,15-19H,5-10,12,14H2,1-4H3. The molecular formula is C23H35NO3. The van der Waals surface area contributed by atoms with E-state index < -0.39 is 0 Å². The normalized spacial score (nSPS) is 45.9. The van der Waals surface area contributed by atoms with Crippen LogP contribution in [0.1, 0.15) is 65.7 Å². The molecule has 0 radical (unpaired) electrons. The molecule has 4 heteroatoms.